The Morgan fingerprint density at radius 3 is 2.32 bits per heavy atom. The van der Waals surface area contributed by atoms with E-state index in [2.05, 4.69) is 12.2 Å². The highest BCUT2D eigenvalue weighted by Gasteiger charge is 2.09. The fourth-order valence-electron chi connectivity index (χ4n) is 2.21. The molecule has 3 heteroatoms. The van der Waals surface area contributed by atoms with Crippen LogP contribution in [0, 0.1) is 20.8 Å². The van der Waals surface area contributed by atoms with Crippen LogP contribution in [0.25, 0.3) is 0 Å². The van der Waals surface area contributed by atoms with Gasteiger partial charge in [0.05, 0.1) is 6.04 Å². The molecule has 0 aliphatic carbocycles. The van der Waals surface area contributed by atoms with Gasteiger partial charge in [-0.3, -0.25) is 0 Å². The lowest BCUT2D eigenvalue weighted by atomic mass is 10.1. The van der Waals surface area contributed by atoms with Gasteiger partial charge >= 0.3 is 0 Å². The monoisotopic (exact) mass is 259 g/mol. The minimum atomic E-state index is 0.170. The van der Waals surface area contributed by atoms with Crippen LogP contribution in [0.3, 0.4) is 0 Å². The first kappa shape index (κ1) is 13.7. The van der Waals surface area contributed by atoms with Crippen LogP contribution < -0.4 is 5.32 Å². The molecule has 0 aliphatic heterocycles. The second-order valence-electron chi connectivity index (χ2n) is 5.13. The SMILES string of the molecule is Cc1ccc(C(C)NCc2cc(C)c(O)c(C)c2)o1. The van der Waals surface area contributed by atoms with Crippen molar-refractivity contribution in [3.8, 4) is 5.75 Å². The van der Waals surface area contributed by atoms with Crippen LogP contribution in [0.1, 0.15) is 41.2 Å². The molecular weight excluding hydrogens is 238 g/mol. The summed E-state index contributed by atoms with van der Waals surface area (Å²) in [6.07, 6.45) is 0. The average molecular weight is 259 g/mol. The third-order valence-corrected chi connectivity index (χ3v) is 3.35. The van der Waals surface area contributed by atoms with Crippen molar-refractivity contribution in [2.75, 3.05) is 0 Å². The van der Waals surface area contributed by atoms with Crippen molar-refractivity contribution in [1.82, 2.24) is 5.32 Å². The zero-order chi connectivity index (χ0) is 14.0. The van der Waals surface area contributed by atoms with Crippen molar-refractivity contribution >= 4 is 0 Å². The summed E-state index contributed by atoms with van der Waals surface area (Å²) < 4.78 is 5.60. The predicted molar refractivity (Wildman–Crippen MR) is 76.3 cm³/mol. The van der Waals surface area contributed by atoms with E-state index in [1.54, 1.807) is 0 Å². The molecule has 1 aromatic carbocycles. The molecule has 0 spiro atoms. The molecule has 0 amide bonds. The second kappa shape index (κ2) is 5.49. The molecule has 1 heterocycles. The number of benzene rings is 1. The maximum Gasteiger partial charge on any atom is 0.121 e. The van der Waals surface area contributed by atoms with Gasteiger partial charge in [0, 0.05) is 6.54 Å². The standard InChI is InChI=1S/C16H21NO2/c1-10-7-14(8-11(2)16(10)18)9-17-13(4)15-6-5-12(3)19-15/h5-8,13,17-18H,9H2,1-4H3. The van der Waals surface area contributed by atoms with Gasteiger partial charge in [-0.2, -0.15) is 0 Å². The fraction of sp³-hybridized carbons (Fsp3) is 0.375. The Morgan fingerprint density at radius 2 is 1.79 bits per heavy atom. The number of hydrogen-bond donors (Lipinski definition) is 2. The van der Waals surface area contributed by atoms with Crippen LogP contribution in [-0.2, 0) is 6.54 Å². The molecular formula is C16H21NO2. The van der Waals surface area contributed by atoms with Gasteiger partial charge in [-0.15, -0.1) is 0 Å². The van der Waals surface area contributed by atoms with Gasteiger partial charge in [0.25, 0.3) is 0 Å². The molecule has 0 fully saturated rings. The average Bonchev–Trinajstić information content (AvgIpc) is 2.79. The Balaban J connectivity index is 2.03. The third kappa shape index (κ3) is 3.18. The van der Waals surface area contributed by atoms with E-state index in [-0.39, 0.29) is 6.04 Å². The van der Waals surface area contributed by atoms with E-state index >= 15 is 0 Å². The number of rotatable bonds is 4. The van der Waals surface area contributed by atoms with Crippen LogP contribution in [0.4, 0.5) is 0 Å². The van der Waals surface area contributed by atoms with Crippen molar-refractivity contribution in [3.05, 3.63) is 52.5 Å². The molecule has 1 unspecified atom stereocenters. The normalized spacial score (nSPS) is 12.6. The van der Waals surface area contributed by atoms with E-state index in [1.807, 2.05) is 45.0 Å². The molecule has 1 atom stereocenters. The van der Waals surface area contributed by atoms with Crippen LogP contribution in [0.15, 0.2) is 28.7 Å². The zero-order valence-corrected chi connectivity index (χ0v) is 11.9. The van der Waals surface area contributed by atoms with E-state index in [9.17, 15) is 5.11 Å². The zero-order valence-electron chi connectivity index (χ0n) is 11.9. The van der Waals surface area contributed by atoms with E-state index < -0.39 is 0 Å². The lowest BCUT2D eigenvalue weighted by Gasteiger charge is -2.13. The summed E-state index contributed by atoms with van der Waals surface area (Å²) >= 11 is 0. The quantitative estimate of drug-likeness (QED) is 0.878. The van der Waals surface area contributed by atoms with Crippen LogP contribution >= 0.6 is 0 Å². The van der Waals surface area contributed by atoms with Gasteiger partial charge in [0.1, 0.15) is 17.3 Å². The summed E-state index contributed by atoms with van der Waals surface area (Å²) in [5.74, 6) is 2.27. The highest BCUT2D eigenvalue weighted by Crippen LogP contribution is 2.23. The van der Waals surface area contributed by atoms with Crippen molar-refractivity contribution in [1.29, 1.82) is 0 Å². The van der Waals surface area contributed by atoms with Gasteiger partial charge in [-0.25, -0.2) is 0 Å². The van der Waals surface area contributed by atoms with Crippen LogP contribution in [-0.4, -0.2) is 5.11 Å². The number of furan rings is 1. The molecule has 0 saturated carbocycles. The summed E-state index contributed by atoms with van der Waals surface area (Å²) in [5, 5.41) is 13.2. The van der Waals surface area contributed by atoms with Gasteiger partial charge in [0.15, 0.2) is 0 Å². The minimum Gasteiger partial charge on any atom is -0.507 e. The predicted octanol–water partition coefficient (Wildman–Crippen LogP) is 3.76. The van der Waals surface area contributed by atoms with Crippen LogP contribution in [0.5, 0.6) is 5.75 Å². The first-order valence-corrected chi connectivity index (χ1v) is 6.56. The maximum absolute atomic E-state index is 9.75. The number of aromatic hydroxyl groups is 1. The number of nitrogens with one attached hydrogen (secondary N) is 1. The number of phenolic OH excluding ortho intramolecular Hbond substituents is 1. The molecule has 1 aromatic heterocycles. The van der Waals surface area contributed by atoms with Gasteiger partial charge in [-0.1, -0.05) is 12.1 Å². The molecule has 102 valence electrons. The molecule has 0 bridgehead atoms. The van der Waals surface area contributed by atoms with Crippen molar-refractivity contribution in [2.24, 2.45) is 0 Å². The van der Waals surface area contributed by atoms with E-state index in [0.717, 1.165) is 29.2 Å². The first-order chi connectivity index (χ1) is 8.97. The summed E-state index contributed by atoms with van der Waals surface area (Å²) in [4.78, 5) is 0. The summed E-state index contributed by atoms with van der Waals surface area (Å²) in [6, 6.07) is 8.16. The van der Waals surface area contributed by atoms with Gasteiger partial charge in [-0.05, 0) is 56.5 Å². The van der Waals surface area contributed by atoms with Gasteiger partial charge in [0.2, 0.25) is 0 Å². The Morgan fingerprint density at radius 1 is 1.16 bits per heavy atom. The molecule has 19 heavy (non-hydrogen) atoms. The van der Waals surface area contributed by atoms with Crippen molar-refractivity contribution in [3.63, 3.8) is 0 Å². The first-order valence-electron chi connectivity index (χ1n) is 6.56. The summed E-state index contributed by atoms with van der Waals surface area (Å²) in [5.41, 5.74) is 3.00. The largest absolute Gasteiger partial charge is 0.507 e. The third-order valence-electron chi connectivity index (χ3n) is 3.35. The van der Waals surface area contributed by atoms with E-state index in [4.69, 9.17) is 4.42 Å². The molecule has 0 saturated heterocycles. The number of hydrogen-bond acceptors (Lipinski definition) is 3. The van der Waals surface area contributed by atoms with E-state index in [0.29, 0.717) is 5.75 Å². The van der Waals surface area contributed by atoms with Crippen LogP contribution in [0.2, 0.25) is 0 Å². The van der Waals surface area contributed by atoms with Crippen molar-refractivity contribution < 1.29 is 9.52 Å². The Kier molecular flexibility index (Phi) is 3.96. The summed E-state index contributed by atoms with van der Waals surface area (Å²) in [6.45, 7) is 8.63. The fourth-order valence-corrected chi connectivity index (χ4v) is 2.21. The number of aryl methyl sites for hydroxylation is 3. The highest BCUT2D eigenvalue weighted by molar-refractivity contribution is 5.42. The molecule has 2 N–H and O–H groups in total. The molecule has 3 nitrogen and oxygen atoms in total. The smallest absolute Gasteiger partial charge is 0.121 e. The molecule has 0 aliphatic rings. The lowest BCUT2D eigenvalue weighted by molar-refractivity contribution is 0.415. The highest BCUT2D eigenvalue weighted by atomic mass is 16.3. The molecule has 2 rings (SSSR count). The summed E-state index contributed by atoms with van der Waals surface area (Å²) in [7, 11) is 0. The molecule has 0 radical (unpaired) electrons. The van der Waals surface area contributed by atoms with Crippen molar-refractivity contribution in [2.45, 2.75) is 40.3 Å². The Bertz CT molecular complexity index is 549. The second-order valence-corrected chi connectivity index (χ2v) is 5.13. The minimum absolute atomic E-state index is 0.170. The lowest BCUT2D eigenvalue weighted by Crippen LogP contribution is -2.17. The number of phenols is 1. The Hall–Kier alpha value is -1.74. The van der Waals surface area contributed by atoms with E-state index in [1.165, 1.54) is 5.56 Å². The molecule has 2 aromatic rings. The Labute approximate surface area is 114 Å². The topological polar surface area (TPSA) is 45.4 Å². The maximum atomic E-state index is 9.75. The van der Waals surface area contributed by atoms with Gasteiger partial charge < -0.3 is 14.8 Å².